The summed E-state index contributed by atoms with van der Waals surface area (Å²) in [4.78, 5) is 0. The minimum atomic E-state index is 0.556. The number of epoxide rings is 1. The molecule has 2 atom stereocenters. The van der Waals surface area contributed by atoms with Crippen molar-refractivity contribution in [3.05, 3.63) is 29.8 Å². The summed E-state index contributed by atoms with van der Waals surface area (Å²) < 4.78 is 10.9. The first-order valence-corrected chi connectivity index (χ1v) is 5.77. The third kappa shape index (κ3) is 2.00. The van der Waals surface area contributed by atoms with Crippen molar-refractivity contribution in [3.63, 3.8) is 0 Å². The van der Waals surface area contributed by atoms with E-state index in [9.17, 15) is 0 Å². The Labute approximate surface area is 90.2 Å². The molecule has 3 rings (SSSR count). The van der Waals surface area contributed by atoms with E-state index in [0.717, 1.165) is 25.4 Å². The Morgan fingerprint density at radius 3 is 2.93 bits per heavy atom. The molecule has 0 amide bonds. The van der Waals surface area contributed by atoms with E-state index in [1.54, 1.807) is 0 Å². The fourth-order valence-electron chi connectivity index (χ4n) is 2.34. The van der Waals surface area contributed by atoms with Crippen molar-refractivity contribution < 1.29 is 9.47 Å². The van der Waals surface area contributed by atoms with Crippen LogP contribution in [0, 0.1) is 0 Å². The zero-order valence-corrected chi connectivity index (χ0v) is 8.82. The van der Waals surface area contributed by atoms with Gasteiger partial charge in [-0.05, 0) is 36.8 Å². The summed E-state index contributed by atoms with van der Waals surface area (Å²) >= 11 is 0. The molecule has 2 heterocycles. The van der Waals surface area contributed by atoms with Gasteiger partial charge in [-0.25, -0.2) is 0 Å². The molecule has 0 spiro atoms. The van der Waals surface area contributed by atoms with Gasteiger partial charge in [0.15, 0.2) is 0 Å². The molecule has 2 aliphatic rings. The number of hydrogen-bond acceptors (Lipinski definition) is 2. The van der Waals surface area contributed by atoms with Gasteiger partial charge in [0.1, 0.15) is 5.75 Å². The molecule has 2 heteroatoms. The van der Waals surface area contributed by atoms with Gasteiger partial charge < -0.3 is 9.47 Å². The van der Waals surface area contributed by atoms with Crippen LogP contribution in [0.3, 0.4) is 0 Å². The van der Waals surface area contributed by atoms with Gasteiger partial charge in [0, 0.05) is 0 Å². The van der Waals surface area contributed by atoms with Crippen LogP contribution < -0.4 is 4.74 Å². The molecule has 0 bridgehead atoms. The lowest BCUT2D eigenvalue weighted by molar-refractivity contribution is 0.258. The van der Waals surface area contributed by atoms with E-state index >= 15 is 0 Å². The zero-order chi connectivity index (χ0) is 10.1. The highest BCUT2D eigenvalue weighted by Crippen LogP contribution is 2.37. The van der Waals surface area contributed by atoms with Gasteiger partial charge in [-0.2, -0.15) is 0 Å². The minimum Gasteiger partial charge on any atom is -0.493 e. The molecule has 1 aromatic rings. The Morgan fingerprint density at radius 1 is 1.20 bits per heavy atom. The molecule has 1 saturated heterocycles. The number of rotatable bonds is 3. The standard InChI is InChI=1S/C13H16O2/c1-2-4-13-12(3-1)10(7-8-14-13)5-6-11-9-15-11/h1-4,10-11H,5-9H2. The first-order valence-electron chi connectivity index (χ1n) is 5.77. The fourth-order valence-corrected chi connectivity index (χ4v) is 2.34. The first kappa shape index (κ1) is 9.22. The van der Waals surface area contributed by atoms with Crippen LogP contribution in [0.4, 0.5) is 0 Å². The number of para-hydroxylation sites is 1. The Balaban J connectivity index is 1.73. The van der Waals surface area contributed by atoms with Gasteiger partial charge in [-0.15, -0.1) is 0 Å². The summed E-state index contributed by atoms with van der Waals surface area (Å²) in [6.45, 7) is 1.85. The van der Waals surface area contributed by atoms with E-state index in [1.807, 2.05) is 6.07 Å². The van der Waals surface area contributed by atoms with E-state index in [1.165, 1.54) is 18.4 Å². The number of ether oxygens (including phenoxy) is 2. The van der Waals surface area contributed by atoms with Crippen molar-refractivity contribution in [2.45, 2.75) is 31.3 Å². The second-order valence-electron chi connectivity index (χ2n) is 4.40. The molecule has 80 valence electrons. The predicted molar refractivity (Wildman–Crippen MR) is 58.3 cm³/mol. The Morgan fingerprint density at radius 2 is 2.07 bits per heavy atom. The van der Waals surface area contributed by atoms with E-state index in [0.29, 0.717) is 12.0 Å². The zero-order valence-electron chi connectivity index (χ0n) is 8.82. The number of hydrogen-bond donors (Lipinski definition) is 0. The Bertz CT molecular complexity index is 344. The van der Waals surface area contributed by atoms with Crippen LogP contribution in [0.25, 0.3) is 0 Å². The predicted octanol–water partition coefficient (Wildman–Crippen LogP) is 2.73. The molecule has 0 N–H and O–H groups in total. The van der Waals surface area contributed by atoms with Crippen molar-refractivity contribution in [1.82, 2.24) is 0 Å². The summed E-state index contributed by atoms with van der Waals surface area (Å²) in [7, 11) is 0. The third-order valence-electron chi connectivity index (χ3n) is 3.32. The van der Waals surface area contributed by atoms with Crippen LogP contribution in [0.15, 0.2) is 24.3 Å². The van der Waals surface area contributed by atoms with Gasteiger partial charge in [0.25, 0.3) is 0 Å². The fraction of sp³-hybridized carbons (Fsp3) is 0.538. The van der Waals surface area contributed by atoms with Crippen LogP contribution >= 0.6 is 0 Å². The normalized spacial score (nSPS) is 28.0. The molecule has 0 saturated carbocycles. The van der Waals surface area contributed by atoms with E-state index in [4.69, 9.17) is 9.47 Å². The van der Waals surface area contributed by atoms with Gasteiger partial charge in [0.05, 0.1) is 19.3 Å². The quantitative estimate of drug-likeness (QED) is 0.706. The van der Waals surface area contributed by atoms with Gasteiger partial charge in [0.2, 0.25) is 0 Å². The molecule has 2 aliphatic heterocycles. The molecular formula is C13H16O2. The summed E-state index contributed by atoms with van der Waals surface area (Å²) in [5.41, 5.74) is 1.39. The van der Waals surface area contributed by atoms with E-state index in [2.05, 4.69) is 18.2 Å². The summed E-state index contributed by atoms with van der Waals surface area (Å²) in [6, 6.07) is 8.43. The average molecular weight is 204 g/mol. The molecule has 0 aromatic heterocycles. The van der Waals surface area contributed by atoms with E-state index < -0.39 is 0 Å². The lowest BCUT2D eigenvalue weighted by Gasteiger charge is -2.25. The van der Waals surface area contributed by atoms with Crippen LogP contribution in [-0.2, 0) is 4.74 Å². The first-order chi connectivity index (χ1) is 7.43. The van der Waals surface area contributed by atoms with Crippen LogP contribution in [0.2, 0.25) is 0 Å². The highest BCUT2D eigenvalue weighted by Gasteiger charge is 2.26. The number of fused-ring (bicyclic) bond motifs is 1. The Kier molecular flexibility index (Phi) is 2.37. The highest BCUT2D eigenvalue weighted by atomic mass is 16.6. The molecule has 0 radical (unpaired) electrons. The lowest BCUT2D eigenvalue weighted by Crippen LogP contribution is -2.14. The maximum Gasteiger partial charge on any atom is 0.122 e. The monoisotopic (exact) mass is 204 g/mol. The maximum atomic E-state index is 5.64. The van der Waals surface area contributed by atoms with Crippen LogP contribution in [0.1, 0.15) is 30.7 Å². The summed E-state index contributed by atoms with van der Waals surface area (Å²) in [5, 5.41) is 0. The van der Waals surface area contributed by atoms with Gasteiger partial charge in [-0.1, -0.05) is 18.2 Å². The van der Waals surface area contributed by atoms with Crippen LogP contribution in [-0.4, -0.2) is 19.3 Å². The largest absolute Gasteiger partial charge is 0.493 e. The highest BCUT2D eigenvalue weighted by molar-refractivity contribution is 5.37. The second kappa shape index (κ2) is 3.86. The van der Waals surface area contributed by atoms with Crippen molar-refractivity contribution in [2.24, 2.45) is 0 Å². The van der Waals surface area contributed by atoms with Crippen molar-refractivity contribution in [3.8, 4) is 5.75 Å². The Hall–Kier alpha value is -1.02. The molecule has 0 aliphatic carbocycles. The van der Waals surface area contributed by atoms with Crippen molar-refractivity contribution in [2.75, 3.05) is 13.2 Å². The minimum absolute atomic E-state index is 0.556. The van der Waals surface area contributed by atoms with E-state index in [-0.39, 0.29) is 0 Å². The van der Waals surface area contributed by atoms with Gasteiger partial charge in [-0.3, -0.25) is 0 Å². The topological polar surface area (TPSA) is 21.8 Å². The van der Waals surface area contributed by atoms with Crippen LogP contribution in [0.5, 0.6) is 5.75 Å². The SMILES string of the molecule is c1ccc2c(c1)OCCC2CCC1CO1. The summed E-state index contributed by atoms with van der Waals surface area (Å²) in [6.07, 6.45) is 4.16. The molecule has 1 fully saturated rings. The molecular weight excluding hydrogens is 188 g/mol. The number of benzene rings is 1. The maximum absolute atomic E-state index is 5.64. The molecule has 2 nitrogen and oxygen atoms in total. The summed E-state index contributed by atoms with van der Waals surface area (Å²) in [5.74, 6) is 1.77. The molecule has 15 heavy (non-hydrogen) atoms. The smallest absolute Gasteiger partial charge is 0.122 e. The van der Waals surface area contributed by atoms with Gasteiger partial charge >= 0.3 is 0 Å². The second-order valence-corrected chi connectivity index (χ2v) is 4.40. The molecule has 2 unspecified atom stereocenters. The van der Waals surface area contributed by atoms with Crippen molar-refractivity contribution >= 4 is 0 Å². The third-order valence-corrected chi connectivity index (χ3v) is 3.32. The molecule has 1 aromatic carbocycles. The van der Waals surface area contributed by atoms with Crippen molar-refractivity contribution in [1.29, 1.82) is 0 Å². The lowest BCUT2D eigenvalue weighted by atomic mass is 9.89. The average Bonchev–Trinajstić information content (AvgIpc) is 3.10.